The van der Waals surface area contributed by atoms with Crippen LogP contribution in [0.5, 0.6) is 0 Å². The second-order valence-electron chi connectivity index (χ2n) is 4.47. The van der Waals surface area contributed by atoms with Gasteiger partial charge in [-0.2, -0.15) is 4.31 Å². The van der Waals surface area contributed by atoms with Gasteiger partial charge < -0.3 is 10.8 Å². The Labute approximate surface area is 115 Å². The molecule has 5 nitrogen and oxygen atoms in total. The second-order valence-corrected chi connectivity index (χ2v) is 6.81. The molecule has 0 spiro atoms. The summed E-state index contributed by atoms with van der Waals surface area (Å²) < 4.78 is 39.6. The number of nitrogens with zero attached hydrogens (tertiary/aromatic N) is 1. The normalized spacial score (nSPS) is 21.5. The van der Waals surface area contributed by atoms with Crippen LogP contribution in [-0.4, -0.2) is 37.0 Å². The molecule has 2 rings (SSSR count). The van der Waals surface area contributed by atoms with Gasteiger partial charge in [0.1, 0.15) is 4.90 Å². The summed E-state index contributed by atoms with van der Waals surface area (Å²) in [5.41, 5.74) is 5.07. The average Bonchev–Trinajstić information content (AvgIpc) is 2.33. The van der Waals surface area contributed by atoms with Crippen molar-refractivity contribution in [3.8, 4) is 0 Å². The van der Waals surface area contributed by atoms with Gasteiger partial charge in [0.2, 0.25) is 10.0 Å². The maximum absolute atomic E-state index is 13.9. The summed E-state index contributed by atoms with van der Waals surface area (Å²) in [6, 6.07) is 2.19. The average molecular weight is 309 g/mol. The summed E-state index contributed by atoms with van der Waals surface area (Å²) >= 11 is 5.72. The Morgan fingerprint density at radius 3 is 2.79 bits per heavy atom. The number of benzene rings is 1. The number of anilines is 1. The van der Waals surface area contributed by atoms with E-state index < -0.39 is 26.8 Å². The molecule has 1 saturated heterocycles. The van der Waals surface area contributed by atoms with Crippen molar-refractivity contribution in [3.63, 3.8) is 0 Å². The van der Waals surface area contributed by atoms with E-state index in [2.05, 4.69) is 0 Å². The van der Waals surface area contributed by atoms with E-state index in [9.17, 15) is 17.9 Å². The third-order valence-corrected chi connectivity index (χ3v) is 5.09. The fourth-order valence-electron chi connectivity index (χ4n) is 2.05. The van der Waals surface area contributed by atoms with Gasteiger partial charge in [0, 0.05) is 18.1 Å². The number of hydrogen-bond donors (Lipinski definition) is 2. The second kappa shape index (κ2) is 5.24. The highest BCUT2D eigenvalue weighted by Crippen LogP contribution is 2.29. The van der Waals surface area contributed by atoms with Crippen LogP contribution in [0.4, 0.5) is 10.1 Å². The van der Waals surface area contributed by atoms with Gasteiger partial charge in [-0.25, -0.2) is 12.8 Å². The molecule has 1 fully saturated rings. The monoisotopic (exact) mass is 308 g/mol. The summed E-state index contributed by atoms with van der Waals surface area (Å²) in [5, 5.41) is 9.57. The SMILES string of the molecule is Nc1cc(Cl)cc(S(=O)(=O)N2CCCC(O)C2)c1F. The molecule has 1 heterocycles. The maximum Gasteiger partial charge on any atom is 0.246 e. The minimum absolute atomic E-state index is 0.0474. The molecule has 0 bridgehead atoms. The fourth-order valence-corrected chi connectivity index (χ4v) is 3.98. The zero-order valence-electron chi connectivity index (χ0n) is 10.0. The summed E-state index contributed by atoms with van der Waals surface area (Å²) in [5.74, 6) is -1.01. The summed E-state index contributed by atoms with van der Waals surface area (Å²) in [7, 11) is -4.04. The maximum atomic E-state index is 13.9. The number of aliphatic hydroxyl groups excluding tert-OH is 1. The smallest absolute Gasteiger partial charge is 0.246 e. The molecule has 1 aromatic carbocycles. The zero-order chi connectivity index (χ0) is 14.2. The van der Waals surface area contributed by atoms with Crippen molar-refractivity contribution in [1.29, 1.82) is 0 Å². The number of hydrogen-bond acceptors (Lipinski definition) is 4. The Bertz CT molecular complexity index is 594. The van der Waals surface area contributed by atoms with Gasteiger partial charge in [0.25, 0.3) is 0 Å². The quantitative estimate of drug-likeness (QED) is 0.804. The molecular weight excluding hydrogens is 295 g/mol. The summed E-state index contributed by atoms with van der Waals surface area (Å²) in [4.78, 5) is -0.549. The number of aliphatic hydroxyl groups is 1. The first kappa shape index (κ1) is 14.5. The Morgan fingerprint density at radius 1 is 1.47 bits per heavy atom. The molecule has 0 amide bonds. The van der Waals surface area contributed by atoms with Gasteiger partial charge in [-0.1, -0.05) is 11.6 Å². The van der Waals surface area contributed by atoms with Crippen LogP contribution >= 0.6 is 11.6 Å². The van der Waals surface area contributed by atoms with Crippen LogP contribution in [0.2, 0.25) is 5.02 Å². The van der Waals surface area contributed by atoms with Gasteiger partial charge >= 0.3 is 0 Å². The van der Waals surface area contributed by atoms with Crippen molar-refractivity contribution in [2.45, 2.75) is 23.8 Å². The molecule has 106 valence electrons. The van der Waals surface area contributed by atoms with Crippen molar-refractivity contribution in [3.05, 3.63) is 23.0 Å². The van der Waals surface area contributed by atoms with Crippen LogP contribution in [0, 0.1) is 5.82 Å². The third-order valence-electron chi connectivity index (χ3n) is 3.01. The van der Waals surface area contributed by atoms with Gasteiger partial charge in [-0.15, -0.1) is 0 Å². The molecule has 0 radical (unpaired) electrons. The Morgan fingerprint density at radius 2 is 2.16 bits per heavy atom. The molecular formula is C11H14ClFN2O3S. The molecule has 1 aliphatic rings. The molecule has 19 heavy (non-hydrogen) atoms. The van der Waals surface area contributed by atoms with Gasteiger partial charge in [0.15, 0.2) is 5.82 Å². The predicted molar refractivity (Wildman–Crippen MR) is 69.8 cm³/mol. The van der Waals surface area contributed by atoms with E-state index in [1.807, 2.05) is 0 Å². The summed E-state index contributed by atoms with van der Waals surface area (Å²) in [6.45, 7) is 0.194. The van der Waals surface area contributed by atoms with Crippen molar-refractivity contribution >= 4 is 27.3 Å². The largest absolute Gasteiger partial charge is 0.396 e. The van der Waals surface area contributed by atoms with Crippen molar-refractivity contribution in [1.82, 2.24) is 4.31 Å². The molecule has 0 aromatic heterocycles. The van der Waals surface area contributed by atoms with E-state index in [-0.39, 0.29) is 23.8 Å². The van der Waals surface area contributed by atoms with Crippen LogP contribution < -0.4 is 5.73 Å². The number of rotatable bonds is 2. The molecule has 3 N–H and O–H groups in total. The molecule has 1 atom stereocenters. The lowest BCUT2D eigenvalue weighted by atomic mass is 10.1. The van der Waals surface area contributed by atoms with E-state index in [1.54, 1.807) is 0 Å². The number of nitrogen functional groups attached to an aromatic ring is 1. The van der Waals surface area contributed by atoms with Crippen LogP contribution in [-0.2, 0) is 10.0 Å². The Kier molecular flexibility index (Phi) is 4.00. The first-order valence-corrected chi connectivity index (χ1v) is 7.57. The van der Waals surface area contributed by atoms with Gasteiger partial charge in [-0.05, 0) is 25.0 Å². The minimum atomic E-state index is -4.04. The molecule has 1 aromatic rings. The first-order chi connectivity index (χ1) is 8.82. The molecule has 0 aliphatic carbocycles. The van der Waals surface area contributed by atoms with Crippen molar-refractivity contribution < 1.29 is 17.9 Å². The summed E-state index contributed by atoms with van der Waals surface area (Å²) in [6.07, 6.45) is 0.327. The first-order valence-electron chi connectivity index (χ1n) is 5.75. The topological polar surface area (TPSA) is 83.6 Å². The van der Waals surface area contributed by atoms with Gasteiger partial charge in [0.05, 0.1) is 11.8 Å². The van der Waals surface area contributed by atoms with E-state index >= 15 is 0 Å². The number of halogens is 2. The molecule has 1 unspecified atom stereocenters. The van der Waals surface area contributed by atoms with E-state index in [0.29, 0.717) is 12.8 Å². The predicted octanol–water partition coefficient (Wildman–Crippen LogP) is 1.21. The lowest BCUT2D eigenvalue weighted by Crippen LogP contribution is -2.42. The highest BCUT2D eigenvalue weighted by atomic mass is 35.5. The van der Waals surface area contributed by atoms with Crippen LogP contribution in [0.1, 0.15) is 12.8 Å². The lowest BCUT2D eigenvalue weighted by Gasteiger charge is -2.29. The number of piperidine rings is 1. The number of nitrogens with two attached hydrogens (primary N) is 1. The minimum Gasteiger partial charge on any atom is -0.396 e. The fraction of sp³-hybridized carbons (Fsp3) is 0.455. The van der Waals surface area contributed by atoms with E-state index in [4.69, 9.17) is 17.3 Å². The highest BCUT2D eigenvalue weighted by Gasteiger charge is 2.32. The standard InChI is InChI=1S/C11H14ClFN2O3S/c12-7-4-9(14)11(13)10(5-7)19(17,18)15-3-1-2-8(16)6-15/h4-5,8,16H,1-3,6,14H2. The van der Waals surface area contributed by atoms with Crippen LogP contribution in [0.3, 0.4) is 0 Å². The Hall–Kier alpha value is -0.890. The van der Waals surface area contributed by atoms with Gasteiger partial charge in [-0.3, -0.25) is 0 Å². The van der Waals surface area contributed by atoms with E-state index in [1.165, 1.54) is 0 Å². The molecule has 1 aliphatic heterocycles. The third kappa shape index (κ3) is 2.84. The highest BCUT2D eigenvalue weighted by molar-refractivity contribution is 7.89. The molecule has 0 saturated carbocycles. The number of β-amino-alcohol motifs (C(OH)–C–C–N with tert-alkyl or cyclic N) is 1. The van der Waals surface area contributed by atoms with Crippen molar-refractivity contribution in [2.75, 3.05) is 18.8 Å². The number of sulfonamides is 1. The van der Waals surface area contributed by atoms with Crippen LogP contribution in [0.15, 0.2) is 17.0 Å². The Balaban J connectivity index is 2.45. The van der Waals surface area contributed by atoms with Crippen LogP contribution in [0.25, 0.3) is 0 Å². The van der Waals surface area contributed by atoms with Crippen molar-refractivity contribution in [2.24, 2.45) is 0 Å². The van der Waals surface area contributed by atoms with E-state index in [0.717, 1.165) is 16.4 Å². The zero-order valence-corrected chi connectivity index (χ0v) is 11.6. The lowest BCUT2D eigenvalue weighted by molar-refractivity contribution is 0.108. The molecule has 8 heteroatoms.